The SMILES string of the molecule is Cc1nn(C2CCN(C(=O)OC(C)(C)C)CC2(F)F)c(C)c1B1OC(C)(C)C(C)(C)O1. The first-order valence-corrected chi connectivity index (χ1v) is 10.7. The molecule has 0 aliphatic carbocycles. The summed E-state index contributed by atoms with van der Waals surface area (Å²) >= 11 is 0. The van der Waals surface area contributed by atoms with Crippen LogP contribution in [-0.4, -0.2) is 63.7 Å². The highest BCUT2D eigenvalue weighted by atomic mass is 19.3. The van der Waals surface area contributed by atoms with Gasteiger partial charge in [0.25, 0.3) is 5.92 Å². The molecule has 0 N–H and O–H groups in total. The molecule has 31 heavy (non-hydrogen) atoms. The van der Waals surface area contributed by atoms with Crippen molar-refractivity contribution in [2.24, 2.45) is 0 Å². The largest absolute Gasteiger partial charge is 0.498 e. The molecule has 7 nitrogen and oxygen atoms in total. The number of hydrogen-bond acceptors (Lipinski definition) is 5. The zero-order valence-corrected chi connectivity index (χ0v) is 20.0. The van der Waals surface area contributed by atoms with Crippen molar-refractivity contribution >= 4 is 18.7 Å². The second-order valence-electron chi connectivity index (χ2n) is 10.6. The second kappa shape index (κ2) is 7.44. The van der Waals surface area contributed by atoms with E-state index in [1.165, 1.54) is 4.68 Å². The van der Waals surface area contributed by atoms with Crippen molar-refractivity contribution in [3.05, 3.63) is 11.4 Å². The molecule has 1 amide bonds. The van der Waals surface area contributed by atoms with Crippen LogP contribution < -0.4 is 5.46 Å². The first-order valence-electron chi connectivity index (χ1n) is 10.7. The van der Waals surface area contributed by atoms with E-state index >= 15 is 8.78 Å². The van der Waals surface area contributed by atoms with Crippen LogP contribution in [0.5, 0.6) is 0 Å². The fourth-order valence-corrected chi connectivity index (χ4v) is 3.99. The Morgan fingerprint density at radius 2 is 1.71 bits per heavy atom. The van der Waals surface area contributed by atoms with E-state index in [2.05, 4.69) is 5.10 Å². The number of aromatic nitrogens is 2. The number of halogens is 2. The Morgan fingerprint density at radius 3 is 2.19 bits per heavy atom. The van der Waals surface area contributed by atoms with Gasteiger partial charge in [-0.05, 0) is 68.7 Å². The van der Waals surface area contributed by atoms with Crippen molar-refractivity contribution < 1.29 is 27.6 Å². The van der Waals surface area contributed by atoms with Crippen molar-refractivity contribution in [3.63, 3.8) is 0 Å². The van der Waals surface area contributed by atoms with Crippen LogP contribution in [0.3, 0.4) is 0 Å². The molecule has 2 aliphatic heterocycles. The molecule has 10 heteroatoms. The third kappa shape index (κ3) is 4.46. The summed E-state index contributed by atoms with van der Waals surface area (Å²) in [6.45, 7) is 15.9. The van der Waals surface area contributed by atoms with Crippen LogP contribution in [0.2, 0.25) is 0 Å². The van der Waals surface area contributed by atoms with Gasteiger partial charge in [0.1, 0.15) is 11.6 Å². The van der Waals surface area contributed by atoms with Gasteiger partial charge in [-0.2, -0.15) is 5.10 Å². The van der Waals surface area contributed by atoms with Gasteiger partial charge >= 0.3 is 13.2 Å². The van der Waals surface area contributed by atoms with Gasteiger partial charge in [0.2, 0.25) is 0 Å². The summed E-state index contributed by atoms with van der Waals surface area (Å²) in [5, 5.41) is 4.44. The van der Waals surface area contributed by atoms with Crippen molar-refractivity contribution in [2.45, 2.75) is 97.5 Å². The van der Waals surface area contributed by atoms with Crippen LogP contribution in [0, 0.1) is 13.8 Å². The number of alkyl halides is 2. The Labute approximate surface area is 183 Å². The number of carbonyl (C=O) groups excluding carboxylic acids is 1. The van der Waals surface area contributed by atoms with Gasteiger partial charge in [0.05, 0.1) is 23.4 Å². The standard InChI is InChI=1S/C21H34BF2N3O4/c1-13-16(22-30-19(6,7)20(8,9)31-22)14(2)27(25-13)15-10-11-26(12-21(15,23)24)17(28)29-18(3,4)5/h15H,10-12H2,1-9H3. The highest BCUT2D eigenvalue weighted by molar-refractivity contribution is 6.63. The summed E-state index contributed by atoms with van der Waals surface area (Å²) in [7, 11) is -0.672. The molecule has 2 saturated heterocycles. The lowest BCUT2D eigenvalue weighted by Crippen LogP contribution is -2.52. The first-order chi connectivity index (χ1) is 14.0. The number of piperidine rings is 1. The lowest BCUT2D eigenvalue weighted by atomic mass is 9.77. The predicted molar refractivity (Wildman–Crippen MR) is 114 cm³/mol. The number of nitrogens with zero attached hydrogens (tertiary/aromatic N) is 3. The average Bonchev–Trinajstić information content (AvgIpc) is 2.96. The van der Waals surface area contributed by atoms with Gasteiger partial charge in [0.15, 0.2) is 0 Å². The number of carbonyl (C=O) groups is 1. The van der Waals surface area contributed by atoms with Crippen molar-refractivity contribution in [2.75, 3.05) is 13.1 Å². The van der Waals surface area contributed by atoms with Gasteiger partial charge in [-0.1, -0.05) is 0 Å². The topological polar surface area (TPSA) is 65.8 Å². The number of likely N-dealkylation sites (tertiary alicyclic amines) is 1. The zero-order chi connectivity index (χ0) is 23.6. The molecule has 0 aromatic carbocycles. The minimum atomic E-state index is -3.16. The summed E-state index contributed by atoms with van der Waals surface area (Å²) in [6, 6.07) is -1.17. The molecule has 2 fully saturated rings. The molecule has 1 atom stereocenters. The molecule has 1 aromatic rings. The molecular formula is C21H34BF2N3O4. The molecule has 2 aliphatic rings. The van der Waals surface area contributed by atoms with E-state index in [0.717, 1.165) is 4.90 Å². The molecule has 174 valence electrons. The lowest BCUT2D eigenvalue weighted by Gasteiger charge is -2.39. The summed E-state index contributed by atoms with van der Waals surface area (Å²) in [6.07, 6.45) is -0.659. The van der Waals surface area contributed by atoms with Crippen LogP contribution in [-0.2, 0) is 14.0 Å². The number of aryl methyl sites for hydroxylation is 1. The number of rotatable bonds is 2. The van der Waals surface area contributed by atoms with E-state index in [4.69, 9.17) is 14.0 Å². The van der Waals surface area contributed by atoms with Gasteiger partial charge in [-0.25, -0.2) is 13.6 Å². The van der Waals surface area contributed by atoms with Crippen LogP contribution in [0.1, 0.15) is 72.3 Å². The Hall–Kier alpha value is -1.68. The minimum Gasteiger partial charge on any atom is -0.444 e. The minimum absolute atomic E-state index is 0.0665. The van der Waals surface area contributed by atoms with E-state index < -0.39 is 48.5 Å². The highest BCUT2D eigenvalue weighted by Gasteiger charge is 2.54. The number of ether oxygens (including phenoxy) is 1. The number of hydrogen-bond donors (Lipinski definition) is 0. The van der Waals surface area contributed by atoms with Gasteiger partial charge in [-0.3, -0.25) is 4.68 Å². The predicted octanol–water partition coefficient (Wildman–Crippen LogP) is 3.62. The quantitative estimate of drug-likeness (QED) is 0.656. The fraction of sp³-hybridized carbons (Fsp3) is 0.810. The van der Waals surface area contributed by atoms with E-state index in [0.29, 0.717) is 16.9 Å². The van der Waals surface area contributed by atoms with Crippen molar-refractivity contribution in [1.29, 1.82) is 0 Å². The van der Waals surface area contributed by atoms with Crippen molar-refractivity contribution in [3.8, 4) is 0 Å². The molecule has 0 saturated carbocycles. The summed E-state index contributed by atoms with van der Waals surface area (Å²) < 4.78 is 49.2. The van der Waals surface area contributed by atoms with E-state index in [1.807, 2.05) is 27.7 Å². The summed E-state index contributed by atoms with van der Waals surface area (Å²) in [5.74, 6) is -3.16. The molecule has 0 spiro atoms. The maximum absolute atomic E-state index is 15.2. The Kier molecular flexibility index (Phi) is 5.75. The molecular weight excluding hydrogens is 407 g/mol. The third-order valence-corrected chi connectivity index (χ3v) is 6.38. The third-order valence-electron chi connectivity index (χ3n) is 6.38. The Morgan fingerprint density at radius 1 is 1.16 bits per heavy atom. The van der Waals surface area contributed by atoms with E-state index in [9.17, 15) is 4.79 Å². The molecule has 1 unspecified atom stereocenters. The smallest absolute Gasteiger partial charge is 0.444 e. The average molecular weight is 441 g/mol. The van der Waals surface area contributed by atoms with E-state index in [-0.39, 0.29) is 13.0 Å². The van der Waals surface area contributed by atoms with Crippen LogP contribution in [0.4, 0.5) is 13.6 Å². The van der Waals surface area contributed by atoms with Crippen LogP contribution >= 0.6 is 0 Å². The van der Waals surface area contributed by atoms with Gasteiger partial charge < -0.3 is 18.9 Å². The maximum atomic E-state index is 15.2. The van der Waals surface area contributed by atoms with Crippen LogP contribution in [0.15, 0.2) is 0 Å². The van der Waals surface area contributed by atoms with Gasteiger partial charge in [0, 0.05) is 17.7 Å². The second-order valence-corrected chi connectivity index (χ2v) is 10.6. The molecule has 0 radical (unpaired) electrons. The molecule has 0 bridgehead atoms. The molecule has 3 rings (SSSR count). The zero-order valence-electron chi connectivity index (χ0n) is 20.0. The Balaban J connectivity index is 1.83. The Bertz CT molecular complexity index is 848. The molecule has 1 aromatic heterocycles. The normalized spacial score (nSPS) is 25.1. The van der Waals surface area contributed by atoms with Gasteiger partial charge in [-0.15, -0.1) is 0 Å². The highest BCUT2D eigenvalue weighted by Crippen LogP contribution is 2.39. The van der Waals surface area contributed by atoms with Crippen molar-refractivity contribution in [1.82, 2.24) is 14.7 Å². The molecule has 3 heterocycles. The number of amides is 1. The van der Waals surface area contributed by atoms with Crippen LogP contribution in [0.25, 0.3) is 0 Å². The fourth-order valence-electron chi connectivity index (χ4n) is 3.99. The maximum Gasteiger partial charge on any atom is 0.498 e. The monoisotopic (exact) mass is 441 g/mol. The first kappa shape index (κ1) is 24.0. The van der Waals surface area contributed by atoms with E-state index in [1.54, 1.807) is 34.6 Å². The summed E-state index contributed by atoms with van der Waals surface area (Å²) in [5.41, 5.74) is 0.0519. The lowest BCUT2D eigenvalue weighted by molar-refractivity contribution is -0.107. The summed E-state index contributed by atoms with van der Waals surface area (Å²) in [4.78, 5) is 13.4.